The largest absolute Gasteiger partial charge is 0.462 e. The van der Waals surface area contributed by atoms with E-state index in [1.807, 2.05) is 0 Å². The predicted molar refractivity (Wildman–Crippen MR) is 325 cm³/mol. The summed E-state index contributed by atoms with van der Waals surface area (Å²) in [5.74, 6) is -0.976. The van der Waals surface area contributed by atoms with Gasteiger partial charge >= 0.3 is 17.9 Å². The average molecular weight is 1040 g/mol. The van der Waals surface area contributed by atoms with Crippen molar-refractivity contribution in [2.45, 2.75) is 271 Å². The molecule has 1 unspecified atom stereocenters. The van der Waals surface area contributed by atoms with Crippen LogP contribution in [0.4, 0.5) is 0 Å². The van der Waals surface area contributed by atoms with Gasteiger partial charge in [-0.15, -0.1) is 0 Å². The van der Waals surface area contributed by atoms with E-state index in [0.717, 1.165) is 109 Å². The van der Waals surface area contributed by atoms with E-state index >= 15 is 0 Å². The van der Waals surface area contributed by atoms with Crippen LogP contribution in [0.1, 0.15) is 265 Å². The predicted octanol–water partition coefficient (Wildman–Crippen LogP) is 21.0. The highest BCUT2D eigenvalue weighted by atomic mass is 16.6. The summed E-state index contributed by atoms with van der Waals surface area (Å²) < 4.78 is 16.8. The number of carbonyl (C=O) groups is 3. The molecule has 1 atom stereocenters. The zero-order valence-electron chi connectivity index (χ0n) is 48.5. The number of ether oxygens (including phenoxy) is 3. The number of hydrogen-bond acceptors (Lipinski definition) is 6. The van der Waals surface area contributed by atoms with Crippen molar-refractivity contribution >= 4 is 17.9 Å². The Bertz CT molecular complexity index is 1620. The van der Waals surface area contributed by atoms with E-state index in [9.17, 15) is 14.4 Å². The SMILES string of the molecule is CC/C=C\C/C=C\C/C=C\C/C=C\C/C=C\C/C=C\C/C=C\C/C=C\C/C=C\CCCC(=O)OCC(COC(=O)CCCCCCCCC)OC(=O)CCCCCCCCCCC/C=C\C/C=C\CCCCCCC. The molecule has 0 heterocycles. The average Bonchev–Trinajstić information content (AvgIpc) is 3.41. The van der Waals surface area contributed by atoms with Gasteiger partial charge in [0.05, 0.1) is 0 Å². The molecule has 0 bridgehead atoms. The molecule has 75 heavy (non-hydrogen) atoms. The lowest BCUT2D eigenvalue weighted by atomic mass is 10.1. The summed E-state index contributed by atoms with van der Waals surface area (Å²) >= 11 is 0. The van der Waals surface area contributed by atoms with Crippen LogP contribution in [0.2, 0.25) is 0 Å². The fraction of sp³-hybridized carbons (Fsp3) is 0.638. The fourth-order valence-electron chi connectivity index (χ4n) is 8.06. The lowest BCUT2D eigenvalue weighted by Crippen LogP contribution is -2.30. The first-order chi connectivity index (χ1) is 37.0. The van der Waals surface area contributed by atoms with E-state index < -0.39 is 6.10 Å². The standard InChI is InChI=1S/C69H112O6/c1-4-7-10-13-16-18-20-22-24-26-28-30-31-32-33-34-35-36-37-39-40-42-44-46-48-50-53-56-59-62-68(71)74-65-66(64-73-67(70)61-58-55-52-15-12-9-6-3)75-69(72)63-60-57-54-51-49-47-45-43-41-38-29-27-25-23-21-19-17-14-11-8-5-2/h7,10,16,18,21-24,27-30,32-33,35-36,39-40,44,46,50,53,66H,4-6,8-9,11-15,17,19-20,25-26,31,34,37-38,41-43,45,47-49,51-52,54-65H2,1-3H3/b10-7-,18-16-,23-21-,24-22-,29-27-,30-28-,33-32-,36-35-,40-39-,46-44-,53-50-. The minimum atomic E-state index is -0.806. The second-order valence-electron chi connectivity index (χ2n) is 19.9. The van der Waals surface area contributed by atoms with Crippen molar-refractivity contribution in [3.8, 4) is 0 Å². The van der Waals surface area contributed by atoms with Gasteiger partial charge in [-0.1, -0.05) is 264 Å². The summed E-state index contributed by atoms with van der Waals surface area (Å²) in [5, 5.41) is 0. The Hall–Kier alpha value is -4.45. The van der Waals surface area contributed by atoms with Crippen molar-refractivity contribution in [3.05, 3.63) is 134 Å². The van der Waals surface area contributed by atoms with Crippen LogP contribution >= 0.6 is 0 Å². The molecule has 0 aromatic carbocycles. The Morgan fingerprint density at radius 3 is 0.867 bits per heavy atom. The van der Waals surface area contributed by atoms with Gasteiger partial charge in [0.1, 0.15) is 13.2 Å². The number of carbonyl (C=O) groups excluding carboxylic acids is 3. The topological polar surface area (TPSA) is 78.9 Å². The van der Waals surface area contributed by atoms with E-state index in [1.54, 1.807) is 0 Å². The van der Waals surface area contributed by atoms with Gasteiger partial charge in [0, 0.05) is 19.3 Å². The van der Waals surface area contributed by atoms with Crippen LogP contribution in [0.5, 0.6) is 0 Å². The lowest BCUT2D eigenvalue weighted by molar-refractivity contribution is -0.167. The van der Waals surface area contributed by atoms with Crippen molar-refractivity contribution < 1.29 is 28.6 Å². The summed E-state index contributed by atoms with van der Waals surface area (Å²) in [6, 6.07) is 0. The number of allylic oxidation sites excluding steroid dienone is 22. The summed E-state index contributed by atoms with van der Waals surface area (Å²) in [7, 11) is 0. The van der Waals surface area contributed by atoms with E-state index in [1.165, 1.54) is 109 Å². The molecule has 0 aliphatic heterocycles. The Kier molecular flexibility index (Phi) is 58.4. The Morgan fingerprint density at radius 2 is 0.533 bits per heavy atom. The van der Waals surface area contributed by atoms with Crippen molar-refractivity contribution in [2.24, 2.45) is 0 Å². The van der Waals surface area contributed by atoms with Gasteiger partial charge in [-0.05, 0) is 116 Å². The molecule has 0 radical (unpaired) electrons. The third kappa shape index (κ3) is 60.3. The van der Waals surface area contributed by atoms with E-state index in [4.69, 9.17) is 14.2 Å². The molecule has 0 aromatic rings. The quantitative estimate of drug-likeness (QED) is 0.0261. The molecular formula is C69H112O6. The molecule has 424 valence electrons. The van der Waals surface area contributed by atoms with Crippen LogP contribution in [0.25, 0.3) is 0 Å². The zero-order valence-corrected chi connectivity index (χ0v) is 48.5. The second-order valence-corrected chi connectivity index (χ2v) is 19.9. The zero-order chi connectivity index (χ0) is 54.3. The van der Waals surface area contributed by atoms with Crippen LogP contribution in [-0.4, -0.2) is 37.2 Å². The maximum absolute atomic E-state index is 12.8. The number of unbranched alkanes of at least 4 members (excludes halogenated alkanes) is 21. The van der Waals surface area contributed by atoms with E-state index in [2.05, 4.69) is 154 Å². The molecule has 0 aliphatic carbocycles. The first kappa shape index (κ1) is 70.5. The number of esters is 3. The smallest absolute Gasteiger partial charge is 0.306 e. The van der Waals surface area contributed by atoms with E-state index in [0.29, 0.717) is 19.3 Å². The minimum Gasteiger partial charge on any atom is -0.462 e. The van der Waals surface area contributed by atoms with Gasteiger partial charge in [0.25, 0.3) is 0 Å². The monoisotopic (exact) mass is 1040 g/mol. The Balaban J connectivity index is 4.31. The molecule has 0 aromatic heterocycles. The molecule has 0 spiro atoms. The number of hydrogen-bond donors (Lipinski definition) is 0. The van der Waals surface area contributed by atoms with Gasteiger partial charge in [0.2, 0.25) is 0 Å². The van der Waals surface area contributed by atoms with Crippen molar-refractivity contribution in [1.29, 1.82) is 0 Å². The van der Waals surface area contributed by atoms with Crippen LogP contribution in [0, 0.1) is 0 Å². The molecular weight excluding hydrogens is 925 g/mol. The molecule has 0 N–H and O–H groups in total. The molecule has 6 heteroatoms. The summed E-state index contributed by atoms with van der Waals surface area (Å²) in [4.78, 5) is 38.0. The maximum atomic E-state index is 12.8. The minimum absolute atomic E-state index is 0.100. The van der Waals surface area contributed by atoms with Crippen LogP contribution in [0.15, 0.2) is 134 Å². The first-order valence-electron chi connectivity index (χ1n) is 30.7. The highest BCUT2D eigenvalue weighted by Gasteiger charge is 2.19. The van der Waals surface area contributed by atoms with Gasteiger partial charge in [-0.3, -0.25) is 14.4 Å². The maximum Gasteiger partial charge on any atom is 0.306 e. The first-order valence-corrected chi connectivity index (χ1v) is 30.7. The van der Waals surface area contributed by atoms with Gasteiger partial charge < -0.3 is 14.2 Å². The molecule has 0 amide bonds. The lowest BCUT2D eigenvalue weighted by Gasteiger charge is -2.18. The molecule has 0 aliphatic rings. The molecule has 0 saturated heterocycles. The highest BCUT2D eigenvalue weighted by Crippen LogP contribution is 2.14. The van der Waals surface area contributed by atoms with Crippen LogP contribution in [0.3, 0.4) is 0 Å². The summed E-state index contributed by atoms with van der Waals surface area (Å²) in [6.07, 6.45) is 87.6. The van der Waals surface area contributed by atoms with Crippen LogP contribution in [-0.2, 0) is 28.6 Å². The van der Waals surface area contributed by atoms with Crippen molar-refractivity contribution in [1.82, 2.24) is 0 Å². The second kappa shape index (κ2) is 62.1. The normalized spacial score (nSPS) is 13.1. The van der Waals surface area contributed by atoms with Gasteiger partial charge in [-0.2, -0.15) is 0 Å². The van der Waals surface area contributed by atoms with Crippen molar-refractivity contribution in [3.63, 3.8) is 0 Å². The van der Waals surface area contributed by atoms with E-state index in [-0.39, 0.29) is 37.5 Å². The third-order valence-corrected chi connectivity index (χ3v) is 12.6. The molecule has 0 saturated carbocycles. The van der Waals surface area contributed by atoms with Gasteiger partial charge in [-0.25, -0.2) is 0 Å². The van der Waals surface area contributed by atoms with Gasteiger partial charge in [0.15, 0.2) is 6.10 Å². The molecule has 0 rings (SSSR count). The fourth-order valence-corrected chi connectivity index (χ4v) is 8.06. The Labute approximate surface area is 462 Å². The summed E-state index contributed by atoms with van der Waals surface area (Å²) in [6.45, 7) is 6.42. The third-order valence-electron chi connectivity index (χ3n) is 12.6. The van der Waals surface area contributed by atoms with Crippen LogP contribution < -0.4 is 0 Å². The number of rotatable bonds is 54. The highest BCUT2D eigenvalue weighted by molar-refractivity contribution is 5.71. The van der Waals surface area contributed by atoms with Crippen molar-refractivity contribution in [2.75, 3.05) is 13.2 Å². The molecule has 0 fully saturated rings. The molecule has 6 nitrogen and oxygen atoms in total. The Morgan fingerprint density at radius 1 is 0.280 bits per heavy atom. The summed E-state index contributed by atoms with van der Waals surface area (Å²) in [5.41, 5.74) is 0.